The van der Waals surface area contributed by atoms with Crippen LogP contribution in [0.15, 0.2) is 42.6 Å². The zero-order chi connectivity index (χ0) is 18.8. The second-order valence-electron chi connectivity index (χ2n) is 7.35. The highest BCUT2D eigenvalue weighted by atomic mass is 16.2. The van der Waals surface area contributed by atoms with Gasteiger partial charge in [0.2, 0.25) is 5.91 Å². The molecule has 2 N–H and O–H groups in total. The summed E-state index contributed by atoms with van der Waals surface area (Å²) in [6.07, 6.45) is 4.02. The lowest BCUT2D eigenvalue weighted by Gasteiger charge is -2.38. The molecule has 0 spiro atoms. The first-order chi connectivity index (χ1) is 13.1. The van der Waals surface area contributed by atoms with Gasteiger partial charge in [-0.15, -0.1) is 5.10 Å². The van der Waals surface area contributed by atoms with Crippen molar-refractivity contribution in [3.63, 3.8) is 0 Å². The van der Waals surface area contributed by atoms with Crippen molar-refractivity contribution in [2.75, 3.05) is 23.3 Å². The number of carbonyl (C=O) groups is 2. The molecule has 2 aromatic rings. The molecule has 7 heteroatoms. The molecule has 4 rings (SSSR count). The maximum Gasteiger partial charge on any atom is 0.251 e. The Morgan fingerprint density at radius 1 is 1.15 bits per heavy atom. The molecular weight excluding hydrogens is 342 g/mol. The van der Waals surface area contributed by atoms with Crippen molar-refractivity contribution < 1.29 is 9.59 Å². The molecule has 2 amide bonds. The van der Waals surface area contributed by atoms with E-state index in [1.54, 1.807) is 30.5 Å². The molecule has 1 atom stereocenters. The Bertz CT molecular complexity index is 814. The topological polar surface area (TPSA) is 87.2 Å². The van der Waals surface area contributed by atoms with E-state index in [2.05, 4.69) is 20.8 Å². The molecular formula is C20H23N5O2. The number of amides is 2. The third kappa shape index (κ3) is 4.07. The van der Waals surface area contributed by atoms with Gasteiger partial charge < -0.3 is 15.5 Å². The average molecular weight is 365 g/mol. The molecule has 1 saturated carbocycles. The van der Waals surface area contributed by atoms with E-state index in [1.165, 1.54) is 12.8 Å². The van der Waals surface area contributed by atoms with Gasteiger partial charge in [0.05, 0.1) is 5.92 Å². The number of rotatable bonds is 6. The van der Waals surface area contributed by atoms with Crippen LogP contribution in [0.1, 0.15) is 30.1 Å². The molecule has 7 nitrogen and oxygen atoms in total. The molecule has 2 aliphatic rings. The zero-order valence-electron chi connectivity index (χ0n) is 15.3. The summed E-state index contributed by atoms with van der Waals surface area (Å²) >= 11 is 0. The van der Waals surface area contributed by atoms with E-state index in [1.807, 2.05) is 24.0 Å². The normalized spacial score (nSPS) is 17.7. The molecule has 0 radical (unpaired) electrons. The highest BCUT2D eigenvalue weighted by Crippen LogP contribution is 2.32. The van der Waals surface area contributed by atoms with Crippen LogP contribution in [0, 0.1) is 11.8 Å². The van der Waals surface area contributed by atoms with Gasteiger partial charge in [-0.1, -0.05) is 0 Å². The predicted octanol–water partition coefficient (Wildman–Crippen LogP) is 2.08. The van der Waals surface area contributed by atoms with Gasteiger partial charge in [0.15, 0.2) is 5.82 Å². The Labute approximate surface area is 158 Å². The van der Waals surface area contributed by atoms with Crippen molar-refractivity contribution in [1.82, 2.24) is 15.5 Å². The predicted molar refractivity (Wildman–Crippen MR) is 102 cm³/mol. The smallest absolute Gasteiger partial charge is 0.251 e. The van der Waals surface area contributed by atoms with Crippen LogP contribution < -0.4 is 15.5 Å². The minimum absolute atomic E-state index is 0.0188. The van der Waals surface area contributed by atoms with Gasteiger partial charge >= 0.3 is 0 Å². The van der Waals surface area contributed by atoms with Crippen LogP contribution in [-0.2, 0) is 4.79 Å². The molecule has 1 aromatic carbocycles. The van der Waals surface area contributed by atoms with Gasteiger partial charge in [-0.3, -0.25) is 9.59 Å². The van der Waals surface area contributed by atoms with Crippen molar-refractivity contribution in [3.05, 3.63) is 48.2 Å². The SMILES string of the molecule is C[C@H](NC(=O)c1ccc(NC(=O)C2CN(c3cccnn3)C2)cc1)C1CC1. The van der Waals surface area contributed by atoms with E-state index in [0.717, 1.165) is 5.82 Å². The molecule has 0 unspecified atom stereocenters. The second-order valence-corrected chi connectivity index (χ2v) is 7.35. The molecule has 1 saturated heterocycles. The minimum Gasteiger partial charge on any atom is -0.353 e. The van der Waals surface area contributed by atoms with Crippen LogP contribution >= 0.6 is 0 Å². The fourth-order valence-electron chi connectivity index (χ4n) is 3.25. The first-order valence-electron chi connectivity index (χ1n) is 9.34. The molecule has 140 valence electrons. The van der Waals surface area contributed by atoms with Gasteiger partial charge in [-0.25, -0.2) is 0 Å². The Morgan fingerprint density at radius 3 is 2.52 bits per heavy atom. The van der Waals surface area contributed by atoms with E-state index in [9.17, 15) is 9.59 Å². The summed E-state index contributed by atoms with van der Waals surface area (Å²) in [6, 6.07) is 11.0. The van der Waals surface area contributed by atoms with Crippen LogP contribution in [0.5, 0.6) is 0 Å². The molecule has 1 aromatic heterocycles. The maximum atomic E-state index is 12.4. The minimum atomic E-state index is -0.0747. The molecule has 2 fully saturated rings. The Kier molecular flexibility index (Phi) is 4.75. The van der Waals surface area contributed by atoms with E-state index in [4.69, 9.17) is 0 Å². The summed E-state index contributed by atoms with van der Waals surface area (Å²) in [6.45, 7) is 3.31. The van der Waals surface area contributed by atoms with E-state index in [-0.39, 0.29) is 23.8 Å². The Morgan fingerprint density at radius 2 is 1.89 bits per heavy atom. The van der Waals surface area contributed by atoms with Gasteiger partial charge in [-0.05, 0) is 62.1 Å². The highest BCUT2D eigenvalue weighted by Gasteiger charge is 2.33. The lowest BCUT2D eigenvalue weighted by atomic mass is 9.99. The van der Waals surface area contributed by atoms with E-state index < -0.39 is 0 Å². The summed E-state index contributed by atoms with van der Waals surface area (Å²) in [5, 5.41) is 13.8. The van der Waals surface area contributed by atoms with Crippen molar-refractivity contribution >= 4 is 23.3 Å². The fourth-order valence-corrected chi connectivity index (χ4v) is 3.25. The van der Waals surface area contributed by atoms with Gasteiger partial charge in [0.25, 0.3) is 5.91 Å². The Hall–Kier alpha value is -2.96. The van der Waals surface area contributed by atoms with Crippen LogP contribution in [0.3, 0.4) is 0 Å². The lowest BCUT2D eigenvalue weighted by molar-refractivity contribution is -0.120. The molecule has 2 heterocycles. The second kappa shape index (κ2) is 7.34. The number of hydrogen-bond donors (Lipinski definition) is 2. The number of nitrogens with one attached hydrogen (secondary N) is 2. The largest absolute Gasteiger partial charge is 0.353 e. The molecule has 1 aliphatic carbocycles. The van der Waals surface area contributed by atoms with Crippen molar-refractivity contribution in [2.24, 2.45) is 11.8 Å². The van der Waals surface area contributed by atoms with Crippen molar-refractivity contribution in [3.8, 4) is 0 Å². The summed E-state index contributed by atoms with van der Waals surface area (Å²) in [5.74, 6) is 1.25. The first kappa shape index (κ1) is 17.5. The highest BCUT2D eigenvalue weighted by molar-refractivity contribution is 5.97. The Balaban J connectivity index is 1.27. The number of hydrogen-bond acceptors (Lipinski definition) is 5. The van der Waals surface area contributed by atoms with E-state index >= 15 is 0 Å². The van der Waals surface area contributed by atoms with Crippen LogP contribution in [0.4, 0.5) is 11.5 Å². The van der Waals surface area contributed by atoms with E-state index in [0.29, 0.717) is 30.3 Å². The van der Waals surface area contributed by atoms with Crippen LogP contribution in [-0.4, -0.2) is 41.1 Å². The standard InChI is InChI=1S/C20H23N5O2/c1-13(14-4-5-14)22-19(26)15-6-8-17(9-7-15)23-20(27)16-11-25(12-16)18-3-2-10-21-24-18/h2-3,6-10,13-14,16H,4-5,11-12H2,1H3,(H,22,26)(H,23,27)/t13-/m0/s1. The molecule has 0 bridgehead atoms. The third-order valence-electron chi connectivity index (χ3n) is 5.24. The summed E-state index contributed by atoms with van der Waals surface area (Å²) < 4.78 is 0. The van der Waals surface area contributed by atoms with Crippen molar-refractivity contribution in [2.45, 2.75) is 25.8 Å². The molecule has 1 aliphatic heterocycles. The maximum absolute atomic E-state index is 12.4. The van der Waals surface area contributed by atoms with Gasteiger partial charge in [0.1, 0.15) is 0 Å². The summed E-state index contributed by atoms with van der Waals surface area (Å²) in [5.41, 5.74) is 1.31. The monoisotopic (exact) mass is 365 g/mol. The quantitative estimate of drug-likeness (QED) is 0.818. The number of carbonyl (C=O) groups excluding carboxylic acids is 2. The fraction of sp³-hybridized carbons (Fsp3) is 0.400. The first-order valence-corrected chi connectivity index (χ1v) is 9.34. The average Bonchev–Trinajstić information content (AvgIpc) is 3.47. The number of aromatic nitrogens is 2. The molecule has 27 heavy (non-hydrogen) atoms. The number of nitrogens with zero attached hydrogens (tertiary/aromatic N) is 3. The summed E-state index contributed by atoms with van der Waals surface area (Å²) in [4.78, 5) is 26.6. The number of anilines is 2. The summed E-state index contributed by atoms with van der Waals surface area (Å²) in [7, 11) is 0. The van der Waals surface area contributed by atoms with Crippen molar-refractivity contribution in [1.29, 1.82) is 0 Å². The number of benzene rings is 1. The lowest BCUT2D eigenvalue weighted by Crippen LogP contribution is -2.52. The van der Waals surface area contributed by atoms with Crippen LogP contribution in [0.25, 0.3) is 0 Å². The van der Waals surface area contributed by atoms with Gasteiger partial charge in [-0.2, -0.15) is 5.10 Å². The third-order valence-corrected chi connectivity index (χ3v) is 5.24. The van der Waals surface area contributed by atoms with Gasteiger partial charge in [0, 0.05) is 36.6 Å². The van der Waals surface area contributed by atoms with Crippen LogP contribution in [0.2, 0.25) is 0 Å². The zero-order valence-corrected chi connectivity index (χ0v) is 15.3.